The number of hydrogen-bond donors (Lipinski definition) is 1. The van der Waals surface area contributed by atoms with Gasteiger partial charge in [-0.25, -0.2) is 4.98 Å². The Bertz CT molecular complexity index is 1020. The smallest absolute Gasteiger partial charge is 0.229 e. The molecular weight excluding hydrogens is 411 g/mol. The first-order valence-corrected chi connectivity index (χ1v) is 10.1. The zero-order valence-electron chi connectivity index (χ0n) is 15.8. The number of aromatic nitrogens is 4. The van der Waals surface area contributed by atoms with Gasteiger partial charge in [0.05, 0.1) is 16.6 Å². The monoisotopic (exact) mass is 430 g/mol. The van der Waals surface area contributed by atoms with E-state index in [4.69, 9.17) is 23.2 Å². The molecule has 150 valence electrons. The fraction of sp³-hybridized carbons (Fsp3) is 0.300. The van der Waals surface area contributed by atoms with Crippen molar-refractivity contribution in [2.75, 3.05) is 23.3 Å². The number of nitrogens with zero attached hydrogens (tertiary/aromatic N) is 5. The maximum absolute atomic E-state index is 12.8. The van der Waals surface area contributed by atoms with Crippen LogP contribution in [0.2, 0.25) is 10.0 Å². The molecule has 9 heteroatoms. The number of halogens is 2. The first-order chi connectivity index (χ1) is 14.0. The SMILES string of the molecule is Cc1nccn1-c1ccc(N2CCCC(C(=O)Nc3cc(Cl)ccc3Cl)C2)nn1. The highest BCUT2D eigenvalue weighted by Crippen LogP contribution is 2.28. The van der Waals surface area contributed by atoms with Crippen molar-refractivity contribution in [3.8, 4) is 5.82 Å². The van der Waals surface area contributed by atoms with E-state index in [1.54, 1.807) is 24.4 Å². The Balaban J connectivity index is 1.44. The number of piperidine rings is 1. The van der Waals surface area contributed by atoms with Gasteiger partial charge in [0.1, 0.15) is 5.82 Å². The van der Waals surface area contributed by atoms with Crippen molar-refractivity contribution in [2.24, 2.45) is 5.92 Å². The van der Waals surface area contributed by atoms with Crippen LogP contribution in [0, 0.1) is 12.8 Å². The van der Waals surface area contributed by atoms with Crippen LogP contribution >= 0.6 is 23.2 Å². The van der Waals surface area contributed by atoms with Crippen LogP contribution in [0.5, 0.6) is 0 Å². The molecule has 1 amide bonds. The molecule has 3 aromatic rings. The standard InChI is InChI=1S/C20H20Cl2N6O/c1-13-23-8-10-28(13)19-7-6-18(25-26-19)27-9-2-3-14(12-27)20(29)24-17-11-15(21)4-5-16(17)22/h4-8,10-11,14H,2-3,9,12H2,1H3,(H,24,29). The minimum atomic E-state index is -0.170. The number of carbonyl (C=O) groups excluding carboxylic acids is 1. The number of nitrogens with one attached hydrogen (secondary N) is 1. The Kier molecular flexibility index (Phi) is 5.69. The Labute approximate surface area is 178 Å². The van der Waals surface area contributed by atoms with Crippen molar-refractivity contribution in [1.29, 1.82) is 0 Å². The van der Waals surface area contributed by atoms with Crippen LogP contribution in [0.4, 0.5) is 11.5 Å². The van der Waals surface area contributed by atoms with E-state index >= 15 is 0 Å². The van der Waals surface area contributed by atoms with Gasteiger partial charge in [-0.05, 0) is 50.1 Å². The van der Waals surface area contributed by atoms with Gasteiger partial charge in [0.25, 0.3) is 0 Å². The lowest BCUT2D eigenvalue weighted by molar-refractivity contribution is -0.120. The molecule has 1 fully saturated rings. The van der Waals surface area contributed by atoms with E-state index in [0.29, 0.717) is 28.1 Å². The number of carbonyl (C=O) groups is 1. The van der Waals surface area contributed by atoms with Crippen LogP contribution in [0.1, 0.15) is 18.7 Å². The predicted molar refractivity (Wildman–Crippen MR) is 114 cm³/mol. The molecule has 0 bridgehead atoms. The van der Waals surface area contributed by atoms with Crippen molar-refractivity contribution in [3.63, 3.8) is 0 Å². The van der Waals surface area contributed by atoms with E-state index in [1.165, 1.54) is 0 Å². The van der Waals surface area contributed by atoms with Gasteiger partial charge in [0.15, 0.2) is 11.6 Å². The Morgan fingerprint density at radius 1 is 1.17 bits per heavy atom. The molecule has 0 radical (unpaired) electrons. The van der Waals surface area contributed by atoms with E-state index in [9.17, 15) is 4.79 Å². The maximum atomic E-state index is 12.8. The van der Waals surface area contributed by atoms with Crippen LogP contribution in [0.25, 0.3) is 5.82 Å². The fourth-order valence-corrected chi connectivity index (χ4v) is 3.80. The summed E-state index contributed by atoms with van der Waals surface area (Å²) in [6, 6.07) is 8.86. The van der Waals surface area contributed by atoms with Crippen molar-refractivity contribution in [2.45, 2.75) is 19.8 Å². The number of rotatable bonds is 4. The summed E-state index contributed by atoms with van der Waals surface area (Å²) in [5.41, 5.74) is 0.529. The normalized spacial score (nSPS) is 16.7. The average Bonchev–Trinajstić information content (AvgIpc) is 3.17. The van der Waals surface area contributed by atoms with Gasteiger partial charge in [0.2, 0.25) is 5.91 Å². The molecule has 1 saturated heterocycles. The first-order valence-electron chi connectivity index (χ1n) is 9.36. The van der Waals surface area contributed by atoms with Crippen LogP contribution < -0.4 is 10.2 Å². The van der Waals surface area contributed by atoms with E-state index in [-0.39, 0.29) is 11.8 Å². The van der Waals surface area contributed by atoms with E-state index < -0.39 is 0 Å². The van der Waals surface area contributed by atoms with E-state index in [1.807, 2.05) is 29.8 Å². The zero-order valence-corrected chi connectivity index (χ0v) is 17.4. The zero-order chi connectivity index (χ0) is 20.4. The minimum absolute atomic E-state index is 0.0718. The molecule has 0 saturated carbocycles. The molecule has 1 atom stereocenters. The molecule has 1 aliphatic heterocycles. The molecule has 4 rings (SSSR count). The van der Waals surface area contributed by atoms with E-state index in [2.05, 4.69) is 25.4 Å². The lowest BCUT2D eigenvalue weighted by Gasteiger charge is -2.32. The van der Waals surface area contributed by atoms with Gasteiger partial charge in [-0.2, -0.15) is 0 Å². The van der Waals surface area contributed by atoms with Crippen LogP contribution in [0.15, 0.2) is 42.7 Å². The topological polar surface area (TPSA) is 75.9 Å². The van der Waals surface area contributed by atoms with Crippen LogP contribution in [-0.4, -0.2) is 38.7 Å². The van der Waals surface area contributed by atoms with Gasteiger partial charge >= 0.3 is 0 Å². The minimum Gasteiger partial charge on any atom is -0.354 e. The number of amides is 1. The predicted octanol–water partition coefficient (Wildman–Crippen LogP) is 4.13. The third-order valence-electron chi connectivity index (χ3n) is 5.01. The van der Waals surface area contributed by atoms with Gasteiger partial charge in [0, 0.05) is 30.5 Å². The van der Waals surface area contributed by atoms with Crippen molar-refractivity contribution >= 4 is 40.6 Å². The third kappa shape index (κ3) is 4.36. The molecule has 1 aromatic carbocycles. The summed E-state index contributed by atoms with van der Waals surface area (Å²) < 4.78 is 1.87. The molecule has 2 aromatic heterocycles. The van der Waals surface area contributed by atoms with Crippen LogP contribution in [0.3, 0.4) is 0 Å². The van der Waals surface area contributed by atoms with Crippen molar-refractivity contribution in [3.05, 3.63) is 58.6 Å². The summed E-state index contributed by atoms with van der Waals surface area (Å²) in [5.74, 6) is 2.07. The Morgan fingerprint density at radius 3 is 2.69 bits per heavy atom. The number of aryl methyl sites for hydroxylation is 1. The Morgan fingerprint density at radius 2 is 1.97 bits per heavy atom. The second-order valence-electron chi connectivity index (χ2n) is 6.99. The van der Waals surface area contributed by atoms with Gasteiger partial charge < -0.3 is 10.2 Å². The second kappa shape index (κ2) is 8.39. The highest BCUT2D eigenvalue weighted by atomic mass is 35.5. The molecule has 1 unspecified atom stereocenters. The molecule has 1 aliphatic rings. The number of anilines is 2. The molecule has 0 spiro atoms. The van der Waals surface area contributed by atoms with Gasteiger partial charge in [-0.3, -0.25) is 9.36 Å². The summed E-state index contributed by atoms with van der Waals surface area (Å²) in [6.07, 6.45) is 5.28. The van der Waals surface area contributed by atoms with Crippen molar-refractivity contribution < 1.29 is 4.79 Å². The summed E-state index contributed by atoms with van der Waals surface area (Å²) in [6.45, 7) is 3.32. The maximum Gasteiger partial charge on any atom is 0.229 e. The summed E-state index contributed by atoms with van der Waals surface area (Å²) >= 11 is 12.2. The summed E-state index contributed by atoms with van der Waals surface area (Å²) in [5, 5.41) is 12.6. The van der Waals surface area contributed by atoms with Crippen molar-refractivity contribution in [1.82, 2.24) is 19.7 Å². The van der Waals surface area contributed by atoms with E-state index in [0.717, 1.165) is 31.0 Å². The van der Waals surface area contributed by atoms with Gasteiger partial charge in [-0.1, -0.05) is 23.2 Å². The van der Waals surface area contributed by atoms with Crippen LogP contribution in [-0.2, 0) is 4.79 Å². The summed E-state index contributed by atoms with van der Waals surface area (Å²) in [4.78, 5) is 19.1. The fourth-order valence-electron chi connectivity index (χ4n) is 3.46. The largest absolute Gasteiger partial charge is 0.354 e. The quantitative estimate of drug-likeness (QED) is 0.672. The molecule has 29 heavy (non-hydrogen) atoms. The summed E-state index contributed by atoms with van der Waals surface area (Å²) in [7, 11) is 0. The molecule has 3 heterocycles. The lowest BCUT2D eigenvalue weighted by atomic mass is 9.97. The Hall–Kier alpha value is -2.64. The molecule has 7 nitrogen and oxygen atoms in total. The van der Waals surface area contributed by atoms with Gasteiger partial charge in [-0.15, -0.1) is 10.2 Å². The third-order valence-corrected chi connectivity index (χ3v) is 5.58. The highest BCUT2D eigenvalue weighted by molar-refractivity contribution is 6.35. The second-order valence-corrected chi connectivity index (χ2v) is 7.84. The number of benzene rings is 1. The highest BCUT2D eigenvalue weighted by Gasteiger charge is 2.27. The lowest BCUT2D eigenvalue weighted by Crippen LogP contribution is -2.41. The number of hydrogen-bond acceptors (Lipinski definition) is 5. The average molecular weight is 431 g/mol. The molecule has 1 N–H and O–H groups in total. The number of imidazole rings is 1. The molecular formula is C20H20Cl2N6O. The first kappa shape index (κ1) is 19.7. The molecule has 0 aliphatic carbocycles.